The molecule has 25 heavy (non-hydrogen) atoms. The zero-order valence-electron chi connectivity index (χ0n) is 14.9. The van der Waals surface area contributed by atoms with E-state index in [9.17, 15) is 4.79 Å². The molecule has 0 bridgehead atoms. The highest BCUT2D eigenvalue weighted by atomic mass is 35.5. The van der Waals surface area contributed by atoms with Crippen molar-refractivity contribution >= 4 is 29.3 Å². The van der Waals surface area contributed by atoms with Gasteiger partial charge in [-0.15, -0.1) is 5.10 Å². The number of aryl methyl sites for hydroxylation is 1. The van der Waals surface area contributed by atoms with Gasteiger partial charge in [0.1, 0.15) is 12.4 Å². The third-order valence-corrected chi connectivity index (χ3v) is 4.98. The molecule has 1 aromatic heterocycles. The van der Waals surface area contributed by atoms with Crippen molar-refractivity contribution in [3.63, 3.8) is 0 Å². The third kappa shape index (κ3) is 6.25. The van der Waals surface area contributed by atoms with Crippen LogP contribution in [0, 0.1) is 6.92 Å². The number of ether oxygens (including phenoxy) is 1. The van der Waals surface area contributed by atoms with Crippen LogP contribution < -0.4 is 10.1 Å². The molecule has 0 atom stereocenters. The van der Waals surface area contributed by atoms with Gasteiger partial charge < -0.3 is 10.1 Å². The zero-order valence-corrected chi connectivity index (χ0v) is 16.4. The van der Waals surface area contributed by atoms with Gasteiger partial charge in [0, 0.05) is 10.6 Å². The summed E-state index contributed by atoms with van der Waals surface area (Å²) in [5.41, 5.74) is 0.751. The first-order chi connectivity index (χ1) is 11.8. The maximum Gasteiger partial charge on any atom is 0.230 e. The van der Waals surface area contributed by atoms with E-state index in [-0.39, 0.29) is 23.8 Å². The van der Waals surface area contributed by atoms with Gasteiger partial charge in [0.05, 0.1) is 5.75 Å². The summed E-state index contributed by atoms with van der Waals surface area (Å²) in [6.07, 6.45) is 0.871. The number of hydrogen-bond donors (Lipinski definition) is 2. The van der Waals surface area contributed by atoms with Gasteiger partial charge in [-0.05, 0) is 51.0 Å². The minimum atomic E-state index is -0.202. The molecule has 1 heterocycles. The summed E-state index contributed by atoms with van der Waals surface area (Å²) in [4.78, 5) is 16.3. The largest absolute Gasteiger partial charge is 0.486 e. The Hall–Kier alpha value is -1.73. The number of aromatic amines is 1. The zero-order chi connectivity index (χ0) is 18.4. The van der Waals surface area contributed by atoms with Gasteiger partial charge in [-0.2, -0.15) is 0 Å². The van der Waals surface area contributed by atoms with E-state index in [1.165, 1.54) is 11.8 Å². The lowest BCUT2D eigenvalue weighted by Gasteiger charge is -2.24. The maximum atomic E-state index is 11.9. The van der Waals surface area contributed by atoms with Crippen LogP contribution in [0.25, 0.3) is 0 Å². The van der Waals surface area contributed by atoms with Crippen molar-refractivity contribution in [3.8, 4) is 5.75 Å². The van der Waals surface area contributed by atoms with Crippen molar-refractivity contribution in [2.45, 2.75) is 51.4 Å². The van der Waals surface area contributed by atoms with E-state index >= 15 is 0 Å². The molecule has 0 aliphatic carbocycles. The smallest absolute Gasteiger partial charge is 0.230 e. The number of H-pyrrole nitrogens is 1. The van der Waals surface area contributed by atoms with Crippen molar-refractivity contribution in [2.24, 2.45) is 0 Å². The summed E-state index contributed by atoms with van der Waals surface area (Å²) in [5, 5.41) is 11.1. The number of halogens is 1. The average Bonchev–Trinajstić information content (AvgIpc) is 3.02. The second-order valence-electron chi connectivity index (χ2n) is 6.34. The Kier molecular flexibility index (Phi) is 6.72. The van der Waals surface area contributed by atoms with Gasteiger partial charge in [-0.3, -0.25) is 9.89 Å². The first kappa shape index (κ1) is 19.6. The van der Waals surface area contributed by atoms with Crippen LogP contribution in [-0.4, -0.2) is 32.4 Å². The fraction of sp³-hybridized carbons (Fsp3) is 0.471. The molecule has 2 aromatic rings. The highest BCUT2D eigenvalue weighted by molar-refractivity contribution is 7.99. The summed E-state index contributed by atoms with van der Waals surface area (Å²) in [7, 11) is 0. The lowest BCUT2D eigenvalue weighted by Crippen LogP contribution is -2.43. The number of nitrogens with one attached hydrogen (secondary N) is 2. The van der Waals surface area contributed by atoms with E-state index in [0.717, 1.165) is 12.0 Å². The predicted molar refractivity (Wildman–Crippen MR) is 100 cm³/mol. The van der Waals surface area contributed by atoms with Crippen molar-refractivity contribution in [1.29, 1.82) is 0 Å². The Balaban J connectivity index is 1.81. The summed E-state index contributed by atoms with van der Waals surface area (Å²) in [5.74, 6) is 1.56. The normalized spacial score (nSPS) is 11.4. The number of benzene rings is 1. The van der Waals surface area contributed by atoms with E-state index in [1.54, 1.807) is 12.1 Å². The van der Waals surface area contributed by atoms with Crippen LogP contribution in [0.4, 0.5) is 0 Å². The number of thioether (sulfide) groups is 1. The summed E-state index contributed by atoms with van der Waals surface area (Å²) < 4.78 is 5.67. The Morgan fingerprint density at radius 3 is 2.88 bits per heavy atom. The lowest BCUT2D eigenvalue weighted by molar-refractivity contribution is -0.120. The molecule has 1 amide bonds. The monoisotopic (exact) mass is 382 g/mol. The Morgan fingerprint density at radius 2 is 2.20 bits per heavy atom. The van der Waals surface area contributed by atoms with Crippen LogP contribution >= 0.6 is 23.4 Å². The average molecular weight is 383 g/mol. The van der Waals surface area contributed by atoms with E-state index in [2.05, 4.69) is 20.5 Å². The van der Waals surface area contributed by atoms with Crippen LogP contribution in [-0.2, 0) is 11.4 Å². The van der Waals surface area contributed by atoms with Crippen molar-refractivity contribution in [2.75, 3.05) is 5.75 Å². The molecule has 6 nitrogen and oxygen atoms in total. The second-order valence-corrected chi connectivity index (χ2v) is 7.69. The topological polar surface area (TPSA) is 79.9 Å². The number of amides is 1. The molecule has 0 saturated heterocycles. The molecule has 0 spiro atoms. The molecule has 0 fully saturated rings. The van der Waals surface area contributed by atoms with E-state index in [1.807, 2.05) is 33.8 Å². The van der Waals surface area contributed by atoms with E-state index < -0.39 is 0 Å². The van der Waals surface area contributed by atoms with Gasteiger partial charge in [-0.1, -0.05) is 30.3 Å². The standard InChI is InChI=1S/C17H23ClN4O2S/c1-5-17(3,4)20-15(23)10-25-16-19-14(21-22-16)9-24-12-6-7-13(18)11(2)8-12/h6-8H,5,9-10H2,1-4H3,(H,20,23)(H,19,21,22). The van der Waals surface area contributed by atoms with Crippen LogP contribution in [0.2, 0.25) is 5.02 Å². The predicted octanol–water partition coefficient (Wildman–Crippen LogP) is 3.74. The molecule has 0 unspecified atom stereocenters. The molecule has 2 rings (SSSR count). The third-order valence-electron chi connectivity index (χ3n) is 3.71. The van der Waals surface area contributed by atoms with Gasteiger partial charge in [0.25, 0.3) is 0 Å². The Bertz CT molecular complexity index is 733. The first-order valence-electron chi connectivity index (χ1n) is 8.03. The maximum absolute atomic E-state index is 11.9. The molecule has 136 valence electrons. The Morgan fingerprint density at radius 1 is 1.44 bits per heavy atom. The molecule has 2 N–H and O–H groups in total. The highest BCUT2D eigenvalue weighted by Gasteiger charge is 2.18. The van der Waals surface area contributed by atoms with Crippen molar-refractivity contribution in [3.05, 3.63) is 34.6 Å². The molecule has 0 aliphatic heterocycles. The quantitative estimate of drug-likeness (QED) is 0.680. The van der Waals surface area contributed by atoms with Gasteiger partial charge in [-0.25, -0.2) is 4.98 Å². The van der Waals surface area contributed by atoms with Crippen LogP contribution in [0.1, 0.15) is 38.6 Å². The van der Waals surface area contributed by atoms with Crippen LogP contribution in [0.5, 0.6) is 5.75 Å². The van der Waals surface area contributed by atoms with E-state index in [0.29, 0.717) is 21.8 Å². The van der Waals surface area contributed by atoms with Gasteiger partial charge in [0.15, 0.2) is 5.82 Å². The molecule has 8 heteroatoms. The number of rotatable bonds is 8. The summed E-state index contributed by atoms with van der Waals surface area (Å²) in [6.45, 7) is 8.22. The number of hydrogen-bond acceptors (Lipinski definition) is 5. The van der Waals surface area contributed by atoms with E-state index in [4.69, 9.17) is 16.3 Å². The minimum Gasteiger partial charge on any atom is -0.486 e. The summed E-state index contributed by atoms with van der Waals surface area (Å²) >= 11 is 7.28. The second kappa shape index (κ2) is 8.58. The van der Waals surface area contributed by atoms with Crippen LogP contribution in [0.3, 0.4) is 0 Å². The lowest BCUT2D eigenvalue weighted by atomic mass is 10.0. The number of carbonyl (C=O) groups is 1. The van der Waals surface area contributed by atoms with Gasteiger partial charge >= 0.3 is 0 Å². The summed E-state index contributed by atoms with van der Waals surface area (Å²) in [6, 6.07) is 5.47. The fourth-order valence-corrected chi connectivity index (χ4v) is 2.63. The number of aromatic nitrogens is 3. The molecule has 1 aromatic carbocycles. The van der Waals surface area contributed by atoms with Crippen molar-refractivity contribution in [1.82, 2.24) is 20.5 Å². The molecular weight excluding hydrogens is 360 g/mol. The number of carbonyl (C=O) groups excluding carboxylic acids is 1. The molecule has 0 radical (unpaired) electrons. The molecule has 0 aliphatic rings. The molecular formula is C17H23ClN4O2S. The minimum absolute atomic E-state index is 0.0314. The highest BCUT2D eigenvalue weighted by Crippen LogP contribution is 2.21. The number of nitrogens with zero attached hydrogens (tertiary/aromatic N) is 2. The van der Waals surface area contributed by atoms with Crippen LogP contribution in [0.15, 0.2) is 23.4 Å². The van der Waals surface area contributed by atoms with Crippen molar-refractivity contribution < 1.29 is 9.53 Å². The molecule has 0 saturated carbocycles. The fourth-order valence-electron chi connectivity index (χ4n) is 1.90. The SMILES string of the molecule is CCC(C)(C)NC(=O)CSc1n[nH]c(COc2ccc(Cl)c(C)c2)n1. The van der Waals surface area contributed by atoms with Gasteiger partial charge in [0.2, 0.25) is 11.1 Å². The Labute approximate surface area is 157 Å². The first-order valence-corrected chi connectivity index (χ1v) is 9.39.